The number of aromatic amines is 1. The Kier molecular flexibility index (Phi) is 3.52. The second kappa shape index (κ2) is 5.39. The van der Waals surface area contributed by atoms with Gasteiger partial charge in [0.1, 0.15) is 5.82 Å². The van der Waals surface area contributed by atoms with E-state index in [0.717, 1.165) is 5.56 Å². The second-order valence-electron chi connectivity index (χ2n) is 5.44. The minimum absolute atomic E-state index is 0.191. The first-order valence-corrected chi connectivity index (χ1v) is 7.16. The molecule has 5 nitrogen and oxygen atoms in total. The van der Waals surface area contributed by atoms with Crippen molar-refractivity contribution in [3.63, 3.8) is 0 Å². The van der Waals surface area contributed by atoms with Gasteiger partial charge in [0.2, 0.25) is 0 Å². The molecule has 2 aromatic rings. The molecule has 0 spiro atoms. The van der Waals surface area contributed by atoms with Gasteiger partial charge in [-0.25, -0.2) is 4.39 Å². The zero-order chi connectivity index (χ0) is 16.7. The van der Waals surface area contributed by atoms with Crippen LogP contribution >= 0.6 is 0 Å². The molecule has 1 aromatic heterocycles. The molecular weight excluding hydrogens is 297 g/mol. The number of aryl methyl sites for hydroxylation is 1. The molecular formula is C17H16FN3O2. The summed E-state index contributed by atoms with van der Waals surface area (Å²) in [5.41, 5.74) is 4.13. The molecule has 0 bridgehead atoms. The number of carbonyl (C=O) groups is 2. The van der Waals surface area contributed by atoms with Crippen molar-refractivity contribution in [2.24, 2.45) is 0 Å². The Bertz CT molecular complexity index is 865. The lowest BCUT2D eigenvalue weighted by molar-refractivity contribution is -0.110. The van der Waals surface area contributed by atoms with Crippen molar-refractivity contribution in [3.8, 4) is 0 Å². The first kappa shape index (κ1) is 15.0. The van der Waals surface area contributed by atoms with Crippen LogP contribution in [0.25, 0.3) is 11.6 Å². The third-order valence-corrected chi connectivity index (χ3v) is 3.98. The Morgan fingerprint density at radius 3 is 2.74 bits per heavy atom. The number of carbonyl (C=O) groups excluding carboxylic acids is 2. The van der Waals surface area contributed by atoms with Crippen LogP contribution in [0, 0.1) is 19.7 Å². The Balaban J connectivity index is 2.12. The molecule has 0 saturated carbocycles. The number of hydrogen-bond donors (Lipinski definition) is 3. The van der Waals surface area contributed by atoms with Crippen molar-refractivity contribution >= 4 is 29.2 Å². The van der Waals surface area contributed by atoms with Crippen molar-refractivity contribution in [3.05, 3.63) is 52.1 Å². The standard InChI is InChI=1S/C17H16FN3O2/c1-8-14(20-9(2)15(8)17(23)19-3)7-12-11-6-10(18)4-5-13(11)21-16(12)22/h4-7,20H,1-3H3,(H,19,23)(H,21,22)/b12-7-. The molecule has 0 fully saturated rings. The van der Waals surface area contributed by atoms with E-state index in [2.05, 4.69) is 15.6 Å². The van der Waals surface area contributed by atoms with Crippen LogP contribution in [0.4, 0.5) is 10.1 Å². The van der Waals surface area contributed by atoms with E-state index in [-0.39, 0.29) is 11.8 Å². The van der Waals surface area contributed by atoms with Crippen molar-refractivity contribution in [2.45, 2.75) is 13.8 Å². The zero-order valence-electron chi connectivity index (χ0n) is 13.0. The third kappa shape index (κ3) is 2.42. The van der Waals surface area contributed by atoms with E-state index in [1.807, 2.05) is 0 Å². The Morgan fingerprint density at radius 2 is 2.04 bits per heavy atom. The first-order valence-electron chi connectivity index (χ1n) is 7.16. The maximum Gasteiger partial charge on any atom is 0.256 e. The number of nitrogens with one attached hydrogen (secondary N) is 3. The van der Waals surface area contributed by atoms with Gasteiger partial charge < -0.3 is 15.6 Å². The van der Waals surface area contributed by atoms with Crippen molar-refractivity contribution in [1.82, 2.24) is 10.3 Å². The second-order valence-corrected chi connectivity index (χ2v) is 5.44. The monoisotopic (exact) mass is 313 g/mol. The molecule has 0 unspecified atom stereocenters. The van der Waals surface area contributed by atoms with Crippen molar-refractivity contribution in [1.29, 1.82) is 0 Å². The van der Waals surface area contributed by atoms with Crippen LogP contribution in [-0.2, 0) is 4.79 Å². The number of halogens is 1. The summed E-state index contributed by atoms with van der Waals surface area (Å²) < 4.78 is 13.5. The molecule has 1 aliphatic heterocycles. The van der Waals surface area contributed by atoms with Crippen LogP contribution in [-0.4, -0.2) is 23.8 Å². The summed E-state index contributed by atoms with van der Waals surface area (Å²) in [4.78, 5) is 27.2. The van der Waals surface area contributed by atoms with Gasteiger partial charge in [0.15, 0.2) is 0 Å². The summed E-state index contributed by atoms with van der Waals surface area (Å²) in [7, 11) is 1.57. The molecule has 1 aromatic carbocycles. The van der Waals surface area contributed by atoms with Crippen LogP contribution in [0.5, 0.6) is 0 Å². The summed E-state index contributed by atoms with van der Waals surface area (Å²) in [5, 5.41) is 5.30. The van der Waals surface area contributed by atoms with Crippen molar-refractivity contribution < 1.29 is 14.0 Å². The van der Waals surface area contributed by atoms with Crippen LogP contribution in [0.15, 0.2) is 18.2 Å². The fourth-order valence-electron chi connectivity index (χ4n) is 2.83. The van der Waals surface area contributed by atoms with E-state index < -0.39 is 5.82 Å². The molecule has 23 heavy (non-hydrogen) atoms. The number of benzene rings is 1. The molecule has 3 N–H and O–H groups in total. The van der Waals surface area contributed by atoms with E-state index in [1.54, 1.807) is 27.0 Å². The van der Waals surface area contributed by atoms with Crippen molar-refractivity contribution in [2.75, 3.05) is 12.4 Å². The SMILES string of the molecule is CNC(=O)c1c(C)[nH]c(/C=C2\C(=O)Nc3ccc(F)cc32)c1C. The lowest BCUT2D eigenvalue weighted by Crippen LogP contribution is -2.19. The van der Waals surface area contributed by atoms with Gasteiger partial charge in [-0.3, -0.25) is 9.59 Å². The summed E-state index contributed by atoms with van der Waals surface area (Å²) in [5.74, 6) is -0.890. The highest BCUT2D eigenvalue weighted by Crippen LogP contribution is 2.34. The molecule has 1 aliphatic rings. The summed E-state index contributed by atoms with van der Waals surface area (Å²) in [6.45, 7) is 3.60. The molecule has 0 saturated heterocycles. The lowest BCUT2D eigenvalue weighted by atomic mass is 10.0. The lowest BCUT2D eigenvalue weighted by Gasteiger charge is -2.01. The molecule has 3 rings (SSSR count). The van der Waals surface area contributed by atoms with Crippen LogP contribution in [0.1, 0.15) is 32.9 Å². The van der Waals surface area contributed by atoms with Gasteiger partial charge in [0.25, 0.3) is 11.8 Å². The summed E-state index contributed by atoms with van der Waals surface area (Å²) >= 11 is 0. The van der Waals surface area contributed by atoms with Gasteiger partial charge in [-0.15, -0.1) is 0 Å². The van der Waals surface area contributed by atoms with Crippen LogP contribution < -0.4 is 10.6 Å². The average Bonchev–Trinajstić information content (AvgIpc) is 2.96. The number of hydrogen-bond acceptors (Lipinski definition) is 2. The van der Waals surface area contributed by atoms with Crippen LogP contribution in [0.2, 0.25) is 0 Å². The van der Waals surface area contributed by atoms with E-state index in [0.29, 0.717) is 33.8 Å². The molecule has 6 heteroatoms. The van der Waals surface area contributed by atoms with Gasteiger partial charge in [0, 0.05) is 29.7 Å². The number of fused-ring (bicyclic) bond motifs is 1. The molecule has 0 radical (unpaired) electrons. The minimum Gasteiger partial charge on any atom is -0.358 e. The highest BCUT2D eigenvalue weighted by Gasteiger charge is 2.25. The molecule has 0 aliphatic carbocycles. The zero-order valence-corrected chi connectivity index (χ0v) is 13.0. The topological polar surface area (TPSA) is 74.0 Å². The molecule has 0 atom stereocenters. The van der Waals surface area contributed by atoms with Gasteiger partial charge >= 0.3 is 0 Å². The molecule has 2 amide bonds. The fourth-order valence-corrected chi connectivity index (χ4v) is 2.83. The van der Waals surface area contributed by atoms with Crippen LogP contribution in [0.3, 0.4) is 0 Å². The molecule has 2 heterocycles. The first-order chi connectivity index (χ1) is 10.9. The Labute approximate surface area is 132 Å². The van der Waals surface area contributed by atoms with E-state index >= 15 is 0 Å². The predicted molar refractivity (Wildman–Crippen MR) is 86.6 cm³/mol. The number of anilines is 1. The van der Waals surface area contributed by atoms with E-state index in [9.17, 15) is 14.0 Å². The largest absolute Gasteiger partial charge is 0.358 e. The number of H-pyrrole nitrogens is 1. The van der Waals surface area contributed by atoms with E-state index in [4.69, 9.17) is 0 Å². The number of aromatic nitrogens is 1. The maximum atomic E-state index is 13.5. The van der Waals surface area contributed by atoms with Gasteiger partial charge in [-0.2, -0.15) is 0 Å². The normalized spacial score (nSPS) is 14.8. The summed E-state index contributed by atoms with van der Waals surface area (Å²) in [6.07, 6.45) is 1.65. The Morgan fingerprint density at radius 1 is 1.30 bits per heavy atom. The predicted octanol–water partition coefficient (Wildman–Crippen LogP) is 2.62. The summed E-state index contributed by atoms with van der Waals surface area (Å²) in [6, 6.07) is 4.16. The van der Waals surface area contributed by atoms with Gasteiger partial charge in [-0.1, -0.05) is 0 Å². The number of amides is 2. The van der Waals surface area contributed by atoms with Gasteiger partial charge in [-0.05, 0) is 43.7 Å². The smallest absolute Gasteiger partial charge is 0.256 e. The average molecular weight is 313 g/mol. The van der Waals surface area contributed by atoms with Gasteiger partial charge in [0.05, 0.1) is 11.1 Å². The quantitative estimate of drug-likeness (QED) is 0.746. The van der Waals surface area contributed by atoms with E-state index in [1.165, 1.54) is 18.2 Å². The number of rotatable bonds is 2. The minimum atomic E-state index is -0.406. The fraction of sp³-hybridized carbons (Fsp3) is 0.176. The highest BCUT2D eigenvalue weighted by atomic mass is 19.1. The highest BCUT2D eigenvalue weighted by molar-refractivity contribution is 6.34. The Hall–Kier alpha value is -2.89. The third-order valence-electron chi connectivity index (χ3n) is 3.98. The maximum absolute atomic E-state index is 13.5. The molecule has 118 valence electrons.